The molecular weight excluding hydrogens is 280 g/mol. The summed E-state index contributed by atoms with van der Waals surface area (Å²) in [7, 11) is -2.00. The van der Waals surface area contributed by atoms with E-state index in [4.69, 9.17) is 4.74 Å². The first-order valence-corrected chi connectivity index (χ1v) is 8.21. The van der Waals surface area contributed by atoms with Gasteiger partial charge in [-0.15, -0.1) is 0 Å². The van der Waals surface area contributed by atoms with E-state index in [1.54, 1.807) is 24.3 Å². The molecular formula is C14H18O5S. The number of sulfone groups is 1. The smallest absolute Gasteiger partial charge is 0.338 e. The van der Waals surface area contributed by atoms with Crippen molar-refractivity contribution in [1.82, 2.24) is 0 Å². The Morgan fingerprint density at radius 3 is 2.60 bits per heavy atom. The molecule has 1 fully saturated rings. The number of methoxy groups -OCH3 is 1. The molecule has 1 heterocycles. The molecule has 0 saturated carbocycles. The third kappa shape index (κ3) is 3.37. The summed E-state index contributed by atoms with van der Waals surface area (Å²) in [6.45, 7) is 0.949. The van der Waals surface area contributed by atoms with Gasteiger partial charge in [0.25, 0.3) is 0 Å². The molecule has 0 amide bonds. The fourth-order valence-electron chi connectivity index (χ4n) is 2.32. The number of carbonyl (C=O) groups excluding carboxylic acids is 1. The molecule has 1 aliphatic heterocycles. The lowest BCUT2D eigenvalue weighted by molar-refractivity contribution is 0.0600. The predicted octanol–water partition coefficient (Wildman–Crippen LogP) is 1.57. The lowest BCUT2D eigenvalue weighted by atomic mass is 10.1. The van der Waals surface area contributed by atoms with E-state index in [0.29, 0.717) is 37.2 Å². The summed E-state index contributed by atoms with van der Waals surface area (Å²) in [5.41, 5.74) is 0.802. The number of rotatable bonds is 4. The fraction of sp³-hybridized carbons (Fsp3) is 0.500. The summed E-state index contributed by atoms with van der Waals surface area (Å²) in [4.78, 5) is 11.7. The number of hydrogen-bond acceptors (Lipinski definition) is 5. The van der Waals surface area contributed by atoms with E-state index in [1.165, 1.54) is 7.11 Å². The molecule has 0 N–H and O–H groups in total. The van der Waals surface area contributed by atoms with E-state index in [-0.39, 0.29) is 11.0 Å². The van der Waals surface area contributed by atoms with Crippen molar-refractivity contribution >= 4 is 15.8 Å². The van der Waals surface area contributed by atoms with Gasteiger partial charge in [-0.3, -0.25) is 0 Å². The highest BCUT2D eigenvalue weighted by atomic mass is 32.2. The molecule has 5 nitrogen and oxygen atoms in total. The second-order valence-corrected chi connectivity index (χ2v) is 7.05. The fourth-order valence-corrected chi connectivity index (χ4v) is 4.16. The van der Waals surface area contributed by atoms with Gasteiger partial charge in [-0.2, -0.15) is 0 Å². The number of benzene rings is 1. The van der Waals surface area contributed by atoms with Crippen molar-refractivity contribution in [2.45, 2.75) is 23.8 Å². The largest absolute Gasteiger partial charge is 0.465 e. The van der Waals surface area contributed by atoms with Crippen molar-refractivity contribution in [3.05, 3.63) is 35.4 Å². The second-order valence-electron chi connectivity index (χ2n) is 4.77. The molecule has 0 bridgehead atoms. The average Bonchev–Trinajstić information content (AvgIpc) is 2.47. The zero-order chi connectivity index (χ0) is 14.6. The quantitative estimate of drug-likeness (QED) is 0.789. The van der Waals surface area contributed by atoms with E-state index in [1.807, 2.05) is 0 Å². The maximum Gasteiger partial charge on any atom is 0.338 e. The summed E-state index contributed by atoms with van der Waals surface area (Å²) in [6.07, 6.45) is 1.03. The molecule has 0 unspecified atom stereocenters. The second kappa shape index (κ2) is 6.37. The lowest BCUT2D eigenvalue weighted by Crippen LogP contribution is -2.30. The van der Waals surface area contributed by atoms with Crippen LogP contribution in [-0.2, 0) is 25.1 Å². The van der Waals surface area contributed by atoms with Gasteiger partial charge >= 0.3 is 5.97 Å². The number of ether oxygens (including phenoxy) is 2. The minimum atomic E-state index is -3.29. The maximum atomic E-state index is 12.4. The van der Waals surface area contributed by atoms with Gasteiger partial charge in [0, 0.05) is 13.2 Å². The molecule has 1 aliphatic rings. The topological polar surface area (TPSA) is 69.7 Å². The highest BCUT2D eigenvalue weighted by molar-refractivity contribution is 7.91. The predicted molar refractivity (Wildman–Crippen MR) is 74.2 cm³/mol. The van der Waals surface area contributed by atoms with Crippen LogP contribution >= 0.6 is 0 Å². The van der Waals surface area contributed by atoms with Crippen molar-refractivity contribution in [3.63, 3.8) is 0 Å². The Hall–Kier alpha value is -1.40. The van der Waals surface area contributed by atoms with Crippen LogP contribution in [-0.4, -0.2) is 40.0 Å². The summed E-state index contributed by atoms with van der Waals surface area (Å²) in [6, 6.07) is 6.65. The Balaban J connectivity index is 2.23. The zero-order valence-electron chi connectivity index (χ0n) is 11.4. The number of esters is 1. The molecule has 1 aromatic rings. The third-order valence-corrected chi connectivity index (χ3v) is 5.66. The van der Waals surface area contributed by atoms with E-state index >= 15 is 0 Å². The zero-order valence-corrected chi connectivity index (χ0v) is 12.2. The maximum absolute atomic E-state index is 12.4. The SMILES string of the molecule is COC(=O)c1ccccc1CS(=O)(=O)C1CCOCC1. The Kier molecular flexibility index (Phi) is 4.77. The molecule has 20 heavy (non-hydrogen) atoms. The van der Waals surface area contributed by atoms with Gasteiger partial charge in [-0.1, -0.05) is 18.2 Å². The van der Waals surface area contributed by atoms with Gasteiger partial charge in [0.2, 0.25) is 0 Å². The molecule has 0 aromatic heterocycles. The molecule has 6 heteroatoms. The molecule has 2 rings (SSSR count). The van der Waals surface area contributed by atoms with Gasteiger partial charge in [0.05, 0.1) is 23.7 Å². The minimum Gasteiger partial charge on any atom is -0.465 e. The van der Waals surface area contributed by atoms with Crippen LogP contribution in [0.1, 0.15) is 28.8 Å². The van der Waals surface area contributed by atoms with Gasteiger partial charge < -0.3 is 9.47 Å². The Morgan fingerprint density at radius 1 is 1.30 bits per heavy atom. The summed E-state index contributed by atoms with van der Waals surface area (Å²) in [5.74, 6) is -0.647. The van der Waals surface area contributed by atoms with Crippen LogP contribution in [0.15, 0.2) is 24.3 Å². The van der Waals surface area contributed by atoms with Crippen molar-refractivity contribution in [3.8, 4) is 0 Å². The van der Waals surface area contributed by atoms with Crippen LogP contribution in [0.4, 0.5) is 0 Å². The van der Waals surface area contributed by atoms with Crippen molar-refractivity contribution in [1.29, 1.82) is 0 Å². The minimum absolute atomic E-state index is 0.136. The van der Waals surface area contributed by atoms with Crippen LogP contribution in [0.2, 0.25) is 0 Å². The van der Waals surface area contributed by atoms with Crippen molar-refractivity contribution in [2.75, 3.05) is 20.3 Å². The Labute approximate surface area is 118 Å². The molecule has 1 aromatic carbocycles. The molecule has 0 atom stereocenters. The van der Waals surface area contributed by atoms with Crippen LogP contribution in [0, 0.1) is 0 Å². The van der Waals surface area contributed by atoms with Gasteiger partial charge in [0.15, 0.2) is 9.84 Å². The van der Waals surface area contributed by atoms with E-state index in [2.05, 4.69) is 4.74 Å². The van der Waals surface area contributed by atoms with Crippen LogP contribution < -0.4 is 0 Å². The van der Waals surface area contributed by atoms with Crippen LogP contribution in [0.25, 0.3) is 0 Å². The molecule has 0 spiro atoms. The molecule has 1 saturated heterocycles. The third-order valence-electron chi connectivity index (χ3n) is 3.46. The van der Waals surface area contributed by atoms with E-state index in [9.17, 15) is 13.2 Å². The van der Waals surface area contributed by atoms with E-state index < -0.39 is 15.8 Å². The molecule has 110 valence electrons. The van der Waals surface area contributed by atoms with Gasteiger partial charge in [-0.25, -0.2) is 13.2 Å². The molecule has 0 aliphatic carbocycles. The average molecular weight is 298 g/mol. The highest BCUT2D eigenvalue weighted by Crippen LogP contribution is 2.22. The number of carbonyl (C=O) groups is 1. The Morgan fingerprint density at radius 2 is 1.95 bits per heavy atom. The normalized spacial score (nSPS) is 16.9. The summed E-state index contributed by atoms with van der Waals surface area (Å²) >= 11 is 0. The van der Waals surface area contributed by atoms with Crippen LogP contribution in [0.5, 0.6) is 0 Å². The van der Waals surface area contributed by atoms with Gasteiger partial charge in [0.1, 0.15) is 0 Å². The highest BCUT2D eigenvalue weighted by Gasteiger charge is 2.29. The van der Waals surface area contributed by atoms with Crippen molar-refractivity contribution < 1.29 is 22.7 Å². The first kappa shape index (κ1) is 15.0. The molecule has 0 radical (unpaired) electrons. The van der Waals surface area contributed by atoms with Crippen molar-refractivity contribution in [2.24, 2.45) is 0 Å². The first-order valence-electron chi connectivity index (χ1n) is 6.50. The van der Waals surface area contributed by atoms with Gasteiger partial charge in [-0.05, 0) is 24.5 Å². The first-order chi connectivity index (χ1) is 9.54. The Bertz CT molecular complexity index is 573. The monoisotopic (exact) mass is 298 g/mol. The van der Waals surface area contributed by atoms with E-state index in [0.717, 1.165) is 0 Å². The summed E-state index contributed by atoms with van der Waals surface area (Å²) < 4.78 is 34.7. The number of hydrogen-bond donors (Lipinski definition) is 0. The van der Waals surface area contributed by atoms with Crippen LogP contribution in [0.3, 0.4) is 0 Å². The summed E-state index contributed by atoms with van der Waals surface area (Å²) in [5, 5.41) is -0.387. The standard InChI is InChI=1S/C14H18O5S/c1-18-14(15)13-5-3-2-4-11(13)10-20(16,17)12-6-8-19-9-7-12/h2-5,12H,6-10H2,1H3. The lowest BCUT2D eigenvalue weighted by Gasteiger charge is -2.22.